The zero-order valence-electron chi connectivity index (χ0n) is 5.24. The van der Waals surface area contributed by atoms with Crippen LogP contribution in [-0.4, -0.2) is 25.3 Å². The van der Waals surface area contributed by atoms with Gasteiger partial charge < -0.3 is 5.11 Å². The van der Waals surface area contributed by atoms with Crippen LogP contribution in [0.2, 0.25) is 0 Å². The molecule has 0 spiro atoms. The summed E-state index contributed by atoms with van der Waals surface area (Å²) < 4.78 is 0.732. The van der Waals surface area contributed by atoms with E-state index in [0.717, 1.165) is 3.70 Å². The summed E-state index contributed by atoms with van der Waals surface area (Å²) in [6.45, 7) is 0. The number of halogens is 1. The smallest absolute Gasteiger partial charge is 0.240 e. The molecule has 0 saturated heterocycles. The molecular weight excluding hydrogens is 259 g/mol. The Morgan fingerprint density at radius 3 is 3.00 bits per heavy atom. The number of nitrogens with one attached hydrogen (secondary N) is 1. The van der Waals surface area contributed by atoms with Gasteiger partial charge in [-0.05, 0) is 22.6 Å². The van der Waals surface area contributed by atoms with Crippen molar-refractivity contribution in [3.8, 4) is 5.88 Å². The summed E-state index contributed by atoms with van der Waals surface area (Å²) in [6, 6.07) is 0. The Morgan fingerprint density at radius 1 is 1.45 bits per heavy atom. The molecule has 2 aromatic rings. The van der Waals surface area contributed by atoms with Crippen molar-refractivity contribution in [3.05, 3.63) is 10.0 Å². The molecule has 0 amide bonds. The first-order valence-corrected chi connectivity index (χ1v) is 3.90. The lowest BCUT2D eigenvalue weighted by Crippen LogP contribution is -1.80. The van der Waals surface area contributed by atoms with E-state index in [-0.39, 0.29) is 5.88 Å². The van der Waals surface area contributed by atoms with Crippen LogP contribution in [0.25, 0.3) is 11.0 Å². The van der Waals surface area contributed by atoms with Gasteiger partial charge in [-0.15, -0.1) is 0 Å². The first-order chi connectivity index (χ1) is 5.29. The number of rotatable bonds is 0. The van der Waals surface area contributed by atoms with Crippen LogP contribution in [-0.2, 0) is 0 Å². The lowest BCUT2D eigenvalue weighted by molar-refractivity contribution is 0.458. The molecule has 0 aliphatic heterocycles. The van der Waals surface area contributed by atoms with E-state index in [1.165, 1.54) is 6.33 Å². The molecular formula is C5H3IN4O. The van der Waals surface area contributed by atoms with E-state index < -0.39 is 0 Å². The van der Waals surface area contributed by atoms with Crippen molar-refractivity contribution in [2.45, 2.75) is 0 Å². The minimum Gasteiger partial charge on any atom is -0.492 e. The van der Waals surface area contributed by atoms with Crippen LogP contribution in [0.4, 0.5) is 0 Å². The van der Waals surface area contributed by atoms with Crippen molar-refractivity contribution >= 4 is 33.6 Å². The highest BCUT2D eigenvalue weighted by Gasteiger charge is 2.07. The third kappa shape index (κ3) is 0.934. The number of hydrogen-bond acceptors (Lipinski definition) is 4. The van der Waals surface area contributed by atoms with Crippen LogP contribution < -0.4 is 0 Å². The SMILES string of the molecule is Oc1ncnc2c(I)n[nH]c12. The summed E-state index contributed by atoms with van der Waals surface area (Å²) >= 11 is 2.03. The number of fused-ring (bicyclic) bond motifs is 1. The predicted octanol–water partition coefficient (Wildman–Crippen LogP) is 0.663. The second kappa shape index (κ2) is 2.29. The summed E-state index contributed by atoms with van der Waals surface area (Å²) in [5, 5.41) is 15.6. The normalized spacial score (nSPS) is 10.6. The molecule has 0 aliphatic carbocycles. The van der Waals surface area contributed by atoms with Gasteiger partial charge >= 0.3 is 0 Å². The summed E-state index contributed by atoms with van der Waals surface area (Å²) in [7, 11) is 0. The van der Waals surface area contributed by atoms with Gasteiger partial charge in [0.25, 0.3) is 0 Å². The summed E-state index contributed by atoms with van der Waals surface area (Å²) in [4.78, 5) is 7.52. The first kappa shape index (κ1) is 6.77. The summed E-state index contributed by atoms with van der Waals surface area (Å²) in [5.41, 5.74) is 1.13. The molecule has 0 unspecified atom stereocenters. The van der Waals surface area contributed by atoms with Crippen molar-refractivity contribution in [2.75, 3.05) is 0 Å². The number of H-pyrrole nitrogens is 1. The van der Waals surface area contributed by atoms with Gasteiger partial charge in [0.05, 0.1) is 0 Å². The molecule has 2 N–H and O–H groups in total. The summed E-state index contributed by atoms with van der Waals surface area (Å²) in [5.74, 6) is -0.0644. The average molecular weight is 262 g/mol. The minimum atomic E-state index is -0.0644. The lowest BCUT2D eigenvalue weighted by Gasteiger charge is -1.89. The van der Waals surface area contributed by atoms with E-state index in [1.807, 2.05) is 22.6 Å². The maximum absolute atomic E-state index is 9.16. The Labute approximate surface area is 75.0 Å². The molecule has 0 aliphatic rings. The van der Waals surface area contributed by atoms with Crippen LogP contribution in [0.5, 0.6) is 5.88 Å². The fourth-order valence-electron chi connectivity index (χ4n) is 0.794. The van der Waals surface area contributed by atoms with Gasteiger partial charge in [-0.1, -0.05) is 0 Å². The molecule has 0 bridgehead atoms. The van der Waals surface area contributed by atoms with E-state index in [9.17, 15) is 0 Å². The summed E-state index contributed by atoms with van der Waals surface area (Å²) in [6.07, 6.45) is 1.30. The Hall–Kier alpha value is -0.920. The van der Waals surface area contributed by atoms with Gasteiger partial charge in [0.2, 0.25) is 5.88 Å². The highest BCUT2D eigenvalue weighted by Crippen LogP contribution is 2.20. The van der Waals surface area contributed by atoms with Gasteiger partial charge in [0.1, 0.15) is 21.1 Å². The molecule has 5 nitrogen and oxygen atoms in total. The Kier molecular flexibility index (Phi) is 1.41. The molecule has 0 aromatic carbocycles. The van der Waals surface area contributed by atoms with E-state index in [0.29, 0.717) is 11.0 Å². The third-order valence-corrected chi connectivity index (χ3v) is 2.04. The lowest BCUT2D eigenvalue weighted by atomic mass is 10.5. The fraction of sp³-hybridized carbons (Fsp3) is 0. The Morgan fingerprint density at radius 2 is 2.27 bits per heavy atom. The largest absolute Gasteiger partial charge is 0.492 e. The molecule has 0 saturated carbocycles. The number of hydrogen-bond donors (Lipinski definition) is 2. The average Bonchev–Trinajstić information content (AvgIpc) is 2.35. The number of aromatic amines is 1. The second-order valence-corrected chi connectivity index (χ2v) is 2.96. The van der Waals surface area contributed by atoms with Gasteiger partial charge in [-0.3, -0.25) is 5.10 Å². The van der Waals surface area contributed by atoms with Gasteiger partial charge in [0.15, 0.2) is 0 Å². The predicted molar refractivity (Wildman–Crippen MR) is 46.1 cm³/mol. The van der Waals surface area contributed by atoms with Crippen molar-refractivity contribution in [1.82, 2.24) is 20.2 Å². The highest BCUT2D eigenvalue weighted by atomic mass is 127. The zero-order valence-corrected chi connectivity index (χ0v) is 7.40. The Balaban J connectivity index is 2.94. The van der Waals surface area contributed by atoms with E-state index in [4.69, 9.17) is 5.11 Å². The first-order valence-electron chi connectivity index (χ1n) is 2.82. The maximum Gasteiger partial charge on any atom is 0.240 e. The maximum atomic E-state index is 9.16. The fourth-order valence-corrected chi connectivity index (χ4v) is 1.32. The van der Waals surface area contributed by atoms with Crippen molar-refractivity contribution < 1.29 is 5.11 Å². The Bertz CT molecular complexity index is 398. The molecule has 2 heterocycles. The van der Waals surface area contributed by atoms with Gasteiger partial charge in [-0.2, -0.15) is 5.10 Å². The van der Waals surface area contributed by atoms with Crippen molar-refractivity contribution in [1.29, 1.82) is 0 Å². The zero-order chi connectivity index (χ0) is 7.84. The monoisotopic (exact) mass is 262 g/mol. The van der Waals surface area contributed by atoms with Gasteiger partial charge in [-0.25, -0.2) is 9.97 Å². The van der Waals surface area contributed by atoms with Crippen LogP contribution in [0.3, 0.4) is 0 Å². The van der Waals surface area contributed by atoms with Crippen LogP contribution in [0, 0.1) is 3.70 Å². The topological polar surface area (TPSA) is 74.7 Å². The molecule has 2 rings (SSSR count). The van der Waals surface area contributed by atoms with Crippen LogP contribution in [0.1, 0.15) is 0 Å². The highest BCUT2D eigenvalue weighted by molar-refractivity contribution is 14.1. The number of nitrogens with zero attached hydrogens (tertiary/aromatic N) is 3. The molecule has 56 valence electrons. The molecule has 6 heteroatoms. The van der Waals surface area contributed by atoms with E-state index in [2.05, 4.69) is 20.2 Å². The van der Waals surface area contributed by atoms with E-state index in [1.54, 1.807) is 0 Å². The number of aromatic hydroxyl groups is 1. The van der Waals surface area contributed by atoms with Crippen molar-refractivity contribution in [3.63, 3.8) is 0 Å². The third-order valence-electron chi connectivity index (χ3n) is 1.29. The molecule has 2 aromatic heterocycles. The number of aromatic nitrogens is 4. The quantitative estimate of drug-likeness (QED) is 0.684. The van der Waals surface area contributed by atoms with Gasteiger partial charge in [0, 0.05) is 0 Å². The van der Waals surface area contributed by atoms with Crippen LogP contribution >= 0.6 is 22.6 Å². The molecule has 0 fully saturated rings. The second-order valence-electron chi connectivity index (χ2n) is 1.94. The minimum absolute atomic E-state index is 0.0644. The van der Waals surface area contributed by atoms with Crippen LogP contribution in [0.15, 0.2) is 6.33 Å². The van der Waals surface area contributed by atoms with Crippen molar-refractivity contribution in [2.24, 2.45) is 0 Å². The molecule has 11 heavy (non-hydrogen) atoms. The standard InChI is InChI=1S/C5H3IN4O/c6-4-2-3(9-10-4)5(11)8-1-7-2/h1H,(H,9,10)(H,7,8,11). The van der Waals surface area contributed by atoms with E-state index >= 15 is 0 Å². The molecule has 0 atom stereocenters. The molecule has 0 radical (unpaired) electrons.